The number of thioether (sulfide) groups is 1. The van der Waals surface area contributed by atoms with Crippen molar-refractivity contribution in [3.8, 4) is 11.5 Å². The number of hydrogen-bond donors (Lipinski definition) is 1. The molecule has 1 aromatic carbocycles. The third-order valence-corrected chi connectivity index (χ3v) is 4.81. The van der Waals surface area contributed by atoms with Crippen LogP contribution < -0.4 is 15.2 Å². The molecule has 0 amide bonds. The largest absolute Gasteiger partial charge is 0.490 e. The van der Waals surface area contributed by atoms with Crippen LogP contribution in [-0.4, -0.2) is 49.3 Å². The lowest BCUT2D eigenvalue weighted by atomic mass is 10.0. The highest BCUT2D eigenvalue weighted by molar-refractivity contribution is 7.99. The van der Waals surface area contributed by atoms with E-state index >= 15 is 0 Å². The van der Waals surface area contributed by atoms with Crippen molar-refractivity contribution in [2.75, 3.05) is 44.4 Å². The van der Waals surface area contributed by atoms with Gasteiger partial charge in [-0.05, 0) is 17.7 Å². The van der Waals surface area contributed by atoms with Gasteiger partial charge in [0.2, 0.25) is 0 Å². The maximum Gasteiger partial charge on any atom is 0.161 e. The first-order chi connectivity index (χ1) is 9.88. The summed E-state index contributed by atoms with van der Waals surface area (Å²) in [5.74, 6) is 4.11. The minimum Gasteiger partial charge on any atom is -0.490 e. The van der Waals surface area contributed by atoms with Crippen LogP contribution in [0.25, 0.3) is 0 Å². The van der Waals surface area contributed by atoms with Gasteiger partial charge < -0.3 is 15.2 Å². The van der Waals surface area contributed by atoms with Crippen LogP contribution in [-0.2, 0) is 0 Å². The summed E-state index contributed by atoms with van der Waals surface area (Å²) in [5.41, 5.74) is 7.26. The Kier molecular flexibility index (Phi) is 4.70. The Morgan fingerprint density at radius 1 is 1.15 bits per heavy atom. The zero-order chi connectivity index (χ0) is 13.8. The number of hydrogen-bond acceptors (Lipinski definition) is 5. The van der Waals surface area contributed by atoms with Gasteiger partial charge in [-0.25, -0.2) is 0 Å². The van der Waals surface area contributed by atoms with Crippen molar-refractivity contribution >= 4 is 11.8 Å². The number of rotatable bonds is 3. The molecule has 0 spiro atoms. The van der Waals surface area contributed by atoms with Gasteiger partial charge in [-0.3, -0.25) is 4.90 Å². The smallest absolute Gasteiger partial charge is 0.161 e. The maximum atomic E-state index is 6.02. The molecule has 1 fully saturated rings. The van der Waals surface area contributed by atoms with E-state index < -0.39 is 0 Å². The summed E-state index contributed by atoms with van der Waals surface area (Å²) in [7, 11) is 0. The molecule has 0 bridgehead atoms. The summed E-state index contributed by atoms with van der Waals surface area (Å²) in [6.07, 6.45) is 0.938. The second-order valence-electron chi connectivity index (χ2n) is 5.16. The monoisotopic (exact) mass is 294 g/mol. The van der Waals surface area contributed by atoms with Crippen LogP contribution >= 0.6 is 11.8 Å². The van der Waals surface area contributed by atoms with E-state index in [1.165, 1.54) is 17.1 Å². The Balaban J connectivity index is 1.82. The lowest BCUT2D eigenvalue weighted by molar-refractivity contribution is 0.222. The van der Waals surface area contributed by atoms with E-state index in [4.69, 9.17) is 15.2 Å². The fourth-order valence-corrected chi connectivity index (χ4v) is 3.70. The molecule has 2 aliphatic rings. The first-order valence-corrected chi connectivity index (χ1v) is 8.45. The molecule has 5 heteroatoms. The van der Waals surface area contributed by atoms with Gasteiger partial charge in [0.1, 0.15) is 0 Å². The summed E-state index contributed by atoms with van der Waals surface area (Å²) in [6, 6.07) is 6.55. The molecule has 0 radical (unpaired) electrons. The molecule has 1 saturated heterocycles. The van der Waals surface area contributed by atoms with Crippen molar-refractivity contribution in [3.05, 3.63) is 23.8 Å². The molecule has 1 atom stereocenters. The molecule has 0 aliphatic carbocycles. The Morgan fingerprint density at radius 3 is 2.65 bits per heavy atom. The first kappa shape index (κ1) is 14.0. The number of nitrogens with zero attached hydrogens (tertiary/aromatic N) is 1. The third kappa shape index (κ3) is 3.05. The molecule has 3 rings (SSSR count). The maximum absolute atomic E-state index is 6.02. The van der Waals surface area contributed by atoms with Gasteiger partial charge in [-0.2, -0.15) is 11.8 Å². The van der Waals surface area contributed by atoms with Gasteiger partial charge in [0, 0.05) is 43.6 Å². The van der Waals surface area contributed by atoms with E-state index in [1.54, 1.807) is 0 Å². The molecule has 4 nitrogen and oxygen atoms in total. The van der Waals surface area contributed by atoms with Crippen LogP contribution in [0.2, 0.25) is 0 Å². The SMILES string of the molecule is NCC(c1ccc2c(c1)OCCCO2)N1CCSCC1. The van der Waals surface area contributed by atoms with Gasteiger partial charge in [0.15, 0.2) is 11.5 Å². The van der Waals surface area contributed by atoms with Gasteiger partial charge in [-0.1, -0.05) is 6.07 Å². The van der Waals surface area contributed by atoms with Crippen LogP contribution in [0.15, 0.2) is 18.2 Å². The van der Waals surface area contributed by atoms with Crippen molar-refractivity contribution in [1.82, 2.24) is 4.90 Å². The zero-order valence-electron chi connectivity index (χ0n) is 11.7. The van der Waals surface area contributed by atoms with E-state index in [0.717, 1.165) is 44.2 Å². The van der Waals surface area contributed by atoms with Gasteiger partial charge in [0.25, 0.3) is 0 Å². The normalized spacial score (nSPS) is 21.2. The first-order valence-electron chi connectivity index (χ1n) is 7.30. The summed E-state index contributed by atoms with van der Waals surface area (Å²) < 4.78 is 11.5. The van der Waals surface area contributed by atoms with E-state index in [2.05, 4.69) is 17.0 Å². The number of nitrogens with two attached hydrogens (primary N) is 1. The topological polar surface area (TPSA) is 47.7 Å². The van der Waals surface area contributed by atoms with E-state index in [9.17, 15) is 0 Å². The molecule has 20 heavy (non-hydrogen) atoms. The fourth-order valence-electron chi connectivity index (χ4n) is 2.77. The van der Waals surface area contributed by atoms with Crippen molar-refractivity contribution in [2.24, 2.45) is 5.73 Å². The Bertz CT molecular complexity index is 449. The van der Waals surface area contributed by atoms with Crippen molar-refractivity contribution in [1.29, 1.82) is 0 Å². The minimum absolute atomic E-state index is 0.285. The lowest BCUT2D eigenvalue weighted by Crippen LogP contribution is -2.39. The second-order valence-corrected chi connectivity index (χ2v) is 6.38. The van der Waals surface area contributed by atoms with Crippen LogP contribution in [0.1, 0.15) is 18.0 Å². The van der Waals surface area contributed by atoms with Crippen molar-refractivity contribution in [3.63, 3.8) is 0 Å². The van der Waals surface area contributed by atoms with Gasteiger partial charge in [0.05, 0.1) is 13.2 Å². The Hall–Kier alpha value is -0.910. The number of ether oxygens (including phenoxy) is 2. The fraction of sp³-hybridized carbons (Fsp3) is 0.600. The Labute approximate surface area is 124 Å². The predicted octanol–water partition coefficient (Wildman–Crippen LogP) is 1.90. The number of fused-ring (bicyclic) bond motifs is 1. The molecule has 1 aromatic rings. The highest BCUT2D eigenvalue weighted by Crippen LogP contribution is 2.34. The van der Waals surface area contributed by atoms with Crippen molar-refractivity contribution < 1.29 is 9.47 Å². The minimum atomic E-state index is 0.285. The van der Waals surface area contributed by atoms with Crippen molar-refractivity contribution in [2.45, 2.75) is 12.5 Å². The summed E-state index contributed by atoms with van der Waals surface area (Å²) >= 11 is 2.02. The van der Waals surface area contributed by atoms with Crippen LogP contribution in [0.4, 0.5) is 0 Å². The van der Waals surface area contributed by atoms with E-state index in [-0.39, 0.29) is 6.04 Å². The lowest BCUT2D eigenvalue weighted by Gasteiger charge is -2.34. The molecule has 2 N–H and O–H groups in total. The van der Waals surface area contributed by atoms with E-state index in [0.29, 0.717) is 6.54 Å². The zero-order valence-corrected chi connectivity index (χ0v) is 12.5. The predicted molar refractivity (Wildman–Crippen MR) is 82.7 cm³/mol. The molecule has 2 heterocycles. The van der Waals surface area contributed by atoms with Crippen LogP contribution in [0.3, 0.4) is 0 Å². The molecule has 0 aromatic heterocycles. The molecule has 2 aliphatic heterocycles. The highest BCUT2D eigenvalue weighted by Gasteiger charge is 2.22. The summed E-state index contributed by atoms with van der Waals surface area (Å²) in [6.45, 7) is 4.33. The summed E-state index contributed by atoms with van der Waals surface area (Å²) in [5, 5.41) is 0. The van der Waals surface area contributed by atoms with E-state index in [1.807, 2.05) is 17.8 Å². The van der Waals surface area contributed by atoms with Gasteiger partial charge in [-0.15, -0.1) is 0 Å². The second kappa shape index (κ2) is 6.70. The highest BCUT2D eigenvalue weighted by atomic mass is 32.2. The quantitative estimate of drug-likeness (QED) is 0.922. The third-order valence-electron chi connectivity index (χ3n) is 3.87. The summed E-state index contributed by atoms with van der Waals surface area (Å²) in [4.78, 5) is 2.48. The molecular weight excluding hydrogens is 272 g/mol. The molecule has 110 valence electrons. The number of benzene rings is 1. The average Bonchev–Trinajstić information content (AvgIpc) is 2.74. The molecular formula is C15H22N2O2S. The average molecular weight is 294 g/mol. The van der Waals surface area contributed by atoms with Gasteiger partial charge >= 0.3 is 0 Å². The molecule has 1 unspecified atom stereocenters. The molecule has 0 saturated carbocycles. The Morgan fingerprint density at radius 2 is 1.90 bits per heavy atom. The van der Waals surface area contributed by atoms with Crippen LogP contribution in [0.5, 0.6) is 11.5 Å². The standard InChI is InChI=1S/C15H22N2O2S/c16-11-13(17-4-8-20-9-5-17)12-2-3-14-15(10-12)19-7-1-6-18-14/h2-3,10,13H,1,4-9,11,16H2. The van der Waals surface area contributed by atoms with Crippen LogP contribution in [0, 0.1) is 0 Å².